The van der Waals surface area contributed by atoms with Crippen molar-refractivity contribution in [2.75, 3.05) is 13.1 Å². The minimum atomic E-state index is -0.895. The molecule has 6 heteroatoms. The van der Waals surface area contributed by atoms with Gasteiger partial charge in [0.25, 0.3) is 0 Å². The Kier molecular flexibility index (Phi) is 3.78. The summed E-state index contributed by atoms with van der Waals surface area (Å²) in [6, 6.07) is 0. The summed E-state index contributed by atoms with van der Waals surface area (Å²) >= 11 is 0. The first kappa shape index (κ1) is 13.8. The van der Waals surface area contributed by atoms with Gasteiger partial charge in [-0.15, -0.1) is 0 Å². The molecule has 1 aliphatic carbocycles. The third-order valence-electron chi connectivity index (χ3n) is 4.33. The number of nitrogens with two attached hydrogens (primary N) is 1. The van der Waals surface area contributed by atoms with Gasteiger partial charge in [-0.3, -0.25) is 14.4 Å². The van der Waals surface area contributed by atoms with Gasteiger partial charge < -0.3 is 15.7 Å². The van der Waals surface area contributed by atoms with Crippen LogP contribution in [0.3, 0.4) is 0 Å². The molecule has 1 saturated heterocycles. The van der Waals surface area contributed by atoms with Crippen LogP contribution < -0.4 is 5.73 Å². The van der Waals surface area contributed by atoms with Gasteiger partial charge in [-0.2, -0.15) is 0 Å². The number of likely N-dealkylation sites (tertiary alicyclic amines) is 1. The molecule has 4 unspecified atom stereocenters. The number of rotatable bonds is 3. The average Bonchev–Trinajstić information content (AvgIpc) is 2.94. The van der Waals surface area contributed by atoms with Crippen molar-refractivity contribution in [3.05, 3.63) is 0 Å². The highest BCUT2D eigenvalue weighted by atomic mass is 16.4. The van der Waals surface area contributed by atoms with Crippen molar-refractivity contribution < 1.29 is 19.5 Å². The second kappa shape index (κ2) is 5.19. The first-order valence-corrected chi connectivity index (χ1v) is 6.71. The predicted molar refractivity (Wildman–Crippen MR) is 66.9 cm³/mol. The smallest absolute Gasteiger partial charge is 0.307 e. The van der Waals surface area contributed by atoms with E-state index in [1.165, 1.54) is 0 Å². The lowest BCUT2D eigenvalue weighted by atomic mass is 9.95. The maximum absolute atomic E-state index is 12.4. The fourth-order valence-corrected chi connectivity index (χ4v) is 3.26. The van der Waals surface area contributed by atoms with Crippen molar-refractivity contribution in [2.24, 2.45) is 29.4 Å². The highest BCUT2D eigenvalue weighted by Crippen LogP contribution is 2.38. The quantitative estimate of drug-likeness (QED) is 0.756. The van der Waals surface area contributed by atoms with Gasteiger partial charge >= 0.3 is 5.97 Å². The van der Waals surface area contributed by atoms with Gasteiger partial charge in [-0.05, 0) is 25.2 Å². The molecule has 106 valence electrons. The highest BCUT2D eigenvalue weighted by Gasteiger charge is 2.44. The Hall–Kier alpha value is -1.59. The molecule has 6 nitrogen and oxygen atoms in total. The fourth-order valence-electron chi connectivity index (χ4n) is 3.26. The molecule has 19 heavy (non-hydrogen) atoms. The van der Waals surface area contributed by atoms with E-state index >= 15 is 0 Å². The minimum Gasteiger partial charge on any atom is -0.481 e. The summed E-state index contributed by atoms with van der Waals surface area (Å²) in [5.74, 6) is -2.47. The van der Waals surface area contributed by atoms with E-state index in [2.05, 4.69) is 0 Å². The van der Waals surface area contributed by atoms with E-state index in [9.17, 15) is 19.5 Å². The molecule has 0 spiro atoms. The molecule has 1 saturated carbocycles. The van der Waals surface area contributed by atoms with Gasteiger partial charge in [0.1, 0.15) is 0 Å². The Labute approximate surface area is 111 Å². The zero-order chi connectivity index (χ0) is 14.2. The molecule has 0 aromatic heterocycles. The zero-order valence-corrected chi connectivity index (χ0v) is 11.0. The summed E-state index contributed by atoms with van der Waals surface area (Å²) in [5.41, 5.74) is 5.24. The standard InChI is InChI=1S/C13H20N2O4/c1-7-4-9(10(5-7)13(18)19)12(17)15-3-2-8(6-15)11(14)16/h7-10H,2-6H2,1H3,(H2,14,16)(H,18,19). The van der Waals surface area contributed by atoms with Crippen molar-refractivity contribution in [1.29, 1.82) is 0 Å². The number of carboxylic acids is 1. The summed E-state index contributed by atoms with van der Waals surface area (Å²) in [5, 5.41) is 9.19. The maximum Gasteiger partial charge on any atom is 0.307 e. The van der Waals surface area contributed by atoms with Crippen LogP contribution in [-0.4, -0.2) is 40.9 Å². The number of amides is 2. The third kappa shape index (κ3) is 2.72. The Morgan fingerprint density at radius 1 is 1.21 bits per heavy atom. The van der Waals surface area contributed by atoms with Crippen molar-refractivity contribution in [3.8, 4) is 0 Å². The van der Waals surface area contributed by atoms with Crippen LogP contribution in [0.2, 0.25) is 0 Å². The molecule has 2 rings (SSSR count). The average molecular weight is 268 g/mol. The number of carboxylic acid groups (broad SMARTS) is 1. The van der Waals surface area contributed by atoms with Crippen LogP contribution in [0.5, 0.6) is 0 Å². The summed E-state index contributed by atoms with van der Waals surface area (Å²) in [4.78, 5) is 36.3. The number of primary amides is 1. The van der Waals surface area contributed by atoms with Crippen LogP contribution in [0, 0.1) is 23.7 Å². The monoisotopic (exact) mass is 268 g/mol. The Balaban J connectivity index is 2.03. The number of hydrogen-bond acceptors (Lipinski definition) is 3. The van der Waals surface area contributed by atoms with Gasteiger partial charge in [-0.1, -0.05) is 6.92 Å². The van der Waals surface area contributed by atoms with E-state index in [1.807, 2.05) is 6.92 Å². The molecule has 3 N–H and O–H groups in total. The molecule has 2 fully saturated rings. The minimum absolute atomic E-state index is 0.125. The second-order valence-corrected chi connectivity index (χ2v) is 5.80. The van der Waals surface area contributed by atoms with Crippen LogP contribution in [0.15, 0.2) is 0 Å². The molecule has 4 atom stereocenters. The van der Waals surface area contributed by atoms with Gasteiger partial charge in [0.05, 0.1) is 17.8 Å². The maximum atomic E-state index is 12.4. The van der Waals surface area contributed by atoms with E-state index in [1.54, 1.807) is 4.90 Å². The molecule has 1 aliphatic heterocycles. The molecule has 1 heterocycles. The largest absolute Gasteiger partial charge is 0.481 e. The van der Waals surface area contributed by atoms with E-state index < -0.39 is 17.8 Å². The summed E-state index contributed by atoms with van der Waals surface area (Å²) < 4.78 is 0. The molecule has 0 radical (unpaired) electrons. The Bertz CT molecular complexity index is 409. The first-order valence-electron chi connectivity index (χ1n) is 6.71. The fraction of sp³-hybridized carbons (Fsp3) is 0.769. The van der Waals surface area contributed by atoms with Crippen LogP contribution in [0.4, 0.5) is 0 Å². The lowest BCUT2D eigenvalue weighted by molar-refractivity contribution is -0.148. The molecule has 0 aromatic carbocycles. The van der Waals surface area contributed by atoms with E-state index in [-0.39, 0.29) is 23.7 Å². The SMILES string of the molecule is CC1CC(C(=O)O)C(C(=O)N2CCC(C(N)=O)C2)C1. The summed E-state index contributed by atoms with van der Waals surface area (Å²) in [7, 11) is 0. The number of hydrogen-bond donors (Lipinski definition) is 2. The van der Waals surface area contributed by atoms with Gasteiger partial charge in [0, 0.05) is 13.1 Å². The molecule has 0 aromatic rings. The molecule has 0 bridgehead atoms. The van der Waals surface area contributed by atoms with Crippen LogP contribution in [0.1, 0.15) is 26.2 Å². The first-order chi connectivity index (χ1) is 8.90. The predicted octanol–water partition coefficient (Wildman–Crippen LogP) is 0.0671. The van der Waals surface area contributed by atoms with Gasteiger partial charge in [-0.25, -0.2) is 0 Å². The topological polar surface area (TPSA) is 101 Å². The van der Waals surface area contributed by atoms with Crippen molar-refractivity contribution in [2.45, 2.75) is 26.2 Å². The number of carbonyl (C=O) groups is 3. The van der Waals surface area contributed by atoms with Crippen LogP contribution in [0.25, 0.3) is 0 Å². The number of aliphatic carboxylic acids is 1. The summed E-state index contributed by atoms with van der Waals surface area (Å²) in [6.45, 7) is 2.81. The second-order valence-electron chi connectivity index (χ2n) is 5.80. The van der Waals surface area contributed by atoms with E-state index in [4.69, 9.17) is 5.73 Å². The van der Waals surface area contributed by atoms with Crippen molar-refractivity contribution in [3.63, 3.8) is 0 Å². The van der Waals surface area contributed by atoms with Crippen LogP contribution >= 0.6 is 0 Å². The Morgan fingerprint density at radius 2 is 1.84 bits per heavy atom. The number of carbonyl (C=O) groups excluding carboxylic acids is 2. The molecule has 2 aliphatic rings. The Morgan fingerprint density at radius 3 is 2.37 bits per heavy atom. The van der Waals surface area contributed by atoms with Crippen molar-refractivity contribution >= 4 is 17.8 Å². The molecular weight excluding hydrogens is 248 g/mol. The zero-order valence-electron chi connectivity index (χ0n) is 11.0. The van der Waals surface area contributed by atoms with E-state index in [0.717, 1.165) is 0 Å². The van der Waals surface area contributed by atoms with Gasteiger partial charge in [0.15, 0.2) is 0 Å². The molecular formula is C13H20N2O4. The lowest BCUT2D eigenvalue weighted by Crippen LogP contribution is -2.38. The van der Waals surface area contributed by atoms with E-state index in [0.29, 0.717) is 32.4 Å². The highest BCUT2D eigenvalue weighted by molar-refractivity contribution is 5.86. The third-order valence-corrected chi connectivity index (χ3v) is 4.33. The summed E-state index contributed by atoms with van der Waals surface area (Å²) in [6.07, 6.45) is 1.76. The van der Waals surface area contributed by atoms with Crippen molar-refractivity contribution in [1.82, 2.24) is 4.90 Å². The van der Waals surface area contributed by atoms with Gasteiger partial charge in [0.2, 0.25) is 11.8 Å². The van der Waals surface area contributed by atoms with Crippen LogP contribution in [-0.2, 0) is 14.4 Å². The normalized spacial score (nSPS) is 34.5. The number of nitrogens with zero attached hydrogens (tertiary/aromatic N) is 1. The lowest BCUT2D eigenvalue weighted by Gasteiger charge is -2.22. The molecule has 2 amide bonds.